The van der Waals surface area contributed by atoms with Gasteiger partial charge in [0.2, 0.25) is 0 Å². The monoisotopic (exact) mass is 377 g/mol. The second-order valence-electron chi connectivity index (χ2n) is 5.90. The second-order valence-corrected chi connectivity index (χ2v) is 6.88. The highest BCUT2D eigenvalue weighted by molar-refractivity contribution is 7.10. The van der Waals surface area contributed by atoms with Gasteiger partial charge >= 0.3 is 0 Å². The number of pyridine rings is 1. The van der Waals surface area contributed by atoms with Gasteiger partial charge in [0.25, 0.3) is 11.5 Å². The molecule has 0 saturated heterocycles. The predicted octanol–water partition coefficient (Wildman–Crippen LogP) is 3.09. The highest BCUT2D eigenvalue weighted by Crippen LogP contribution is 2.27. The Bertz CT molecular complexity index is 1170. The van der Waals surface area contributed by atoms with Crippen molar-refractivity contribution in [1.29, 1.82) is 0 Å². The molecular weight excluding hydrogens is 362 g/mol. The molecule has 2 N–H and O–H groups in total. The summed E-state index contributed by atoms with van der Waals surface area (Å²) in [5.74, 6) is -0.548. The predicted molar refractivity (Wildman–Crippen MR) is 104 cm³/mol. The molecular formula is C20H15N3O3S. The number of benzene rings is 1. The summed E-state index contributed by atoms with van der Waals surface area (Å²) < 4.78 is 1.33. The number of aliphatic hydroxyl groups excluding tert-OH is 1. The fourth-order valence-corrected chi connectivity index (χ4v) is 3.51. The van der Waals surface area contributed by atoms with Gasteiger partial charge in [-0.3, -0.25) is 14.0 Å². The Morgan fingerprint density at radius 2 is 2.04 bits per heavy atom. The summed E-state index contributed by atoms with van der Waals surface area (Å²) in [6.45, 7) is 0. The molecule has 27 heavy (non-hydrogen) atoms. The molecule has 0 aliphatic heterocycles. The van der Waals surface area contributed by atoms with Crippen LogP contribution in [0.2, 0.25) is 0 Å². The van der Waals surface area contributed by atoms with Gasteiger partial charge in [0, 0.05) is 23.0 Å². The van der Waals surface area contributed by atoms with Gasteiger partial charge in [-0.25, -0.2) is 4.98 Å². The lowest BCUT2D eigenvalue weighted by atomic mass is 10.1. The maximum absolute atomic E-state index is 12.6. The molecule has 0 aliphatic rings. The number of nitrogens with one attached hydrogen (secondary N) is 1. The molecule has 1 amide bonds. The molecule has 4 aromatic rings. The van der Waals surface area contributed by atoms with Crippen LogP contribution in [0.25, 0.3) is 5.65 Å². The highest BCUT2D eigenvalue weighted by atomic mass is 32.1. The van der Waals surface area contributed by atoms with Crippen LogP contribution in [0.3, 0.4) is 0 Å². The Kier molecular flexibility index (Phi) is 4.53. The van der Waals surface area contributed by atoms with E-state index in [1.54, 1.807) is 48.7 Å². The third-order valence-electron chi connectivity index (χ3n) is 4.13. The number of rotatable bonds is 4. The first kappa shape index (κ1) is 17.1. The SMILES string of the molecule is O=C(Nc1cccc(C(O)c2cccs2)c1)c1cnc2ccccn2c1=O. The number of thiophene rings is 1. The molecule has 0 spiro atoms. The molecule has 6 nitrogen and oxygen atoms in total. The first-order valence-corrected chi connectivity index (χ1v) is 9.10. The summed E-state index contributed by atoms with van der Waals surface area (Å²) in [6.07, 6.45) is 2.08. The quantitative estimate of drug-likeness (QED) is 0.572. The number of nitrogens with zero attached hydrogens (tertiary/aromatic N) is 2. The zero-order chi connectivity index (χ0) is 18.8. The van der Waals surface area contributed by atoms with Crippen LogP contribution >= 0.6 is 11.3 Å². The Hall–Kier alpha value is -3.29. The van der Waals surface area contributed by atoms with Crippen molar-refractivity contribution >= 4 is 28.6 Å². The molecule has 7 heteroatoms. The largest absolute Gasteiger partial charge is 0.383 e. The third kappa shape index (κ3) is 3.38. The minimum atomic E-state index is -0.769. The number of hydrogen-bond acceptors (Lipinski definition) is 5. The number of aromatic nitrogens is 2. The van der Waals surface area contributed by atoms with E-state index in [-0.39, 0.29) is 5.56 Å². The van der Waals surface area contributed by atoms with Crippen molar-refractivity contribution in [3.8, 4) is 0 Å². The number of fused-ring (bicyclic) bond motifs is 1. The number of carbonyl (C=O) groups is 1. The Balaban J connectivity index is 1.61. The Morgan fingerprint density at radius 1 is 1.15 bits per heavy atom. The van der Waals surface area contributed by atoms with Crippen LogP contribution in [-0.4, -0.2) is 20.4 Å². The number of hydrogen-bond donors (Lipinski definition) is 2. The number of anilines is 1. The van der Waals surface area contributed by atoms with Gasteiger partial charge in [0.05, 0.1) is 0 Å². The lowest BCUT2D eigenvalue weighted by molar-refractivity contribution is 0.102. The number of aliphatic hydroxyl groups is 1. The van der Waals surface area contributed by atoms with E-state index in [4.69, 9.17) is 0 Å². The lowest BCUT2D eigenvalue weighted by Gasteiger charge is -2.11. The molecule has 1 aromatic carbocycles. The Labute approximate surface area is 158 Å². The van der Waals surface area contributed by atoms with Crippen LogP contribution < -0.4 is 10.9 Å². The van der Waals surface area contributed by atoms with Crippen molar-refractivity contribution < 1.29 is 9.90 Å². The fraction of sp³-hybridized carbons (Fsp3) is 0.0500. The average molecular weight is 377 g/mol. The average Bonchev–Trinajstić information content (AvgIpc) is 3.23. The van der Waals surface area contributed by atoms with E-state index in [2.05, 4.69) is 10.3 Å². The standard InChI is InChI=1S/C20H15N3O3S/c24-18(16-7-4-10-27-16)13-5-3-6-14(11-13)22-19(25)15-12-21-17-8-1-2-9-23(17)20(15)26/h1-12,18,24H,(H,22,25). The minimum Gasteiger partial charge on any atom is -0.383 e. The summed E-state index contributed by atoms with van der Waals surface area (Å²) in [6, 6.07) is 15.8. The van der Waals surface area contributed by atoms with Crippen molar-refractivity contribution in [3.05, 3.63) is 98.7 Å². The van der Waals surface area contributed by atoms with E-state index >= 15 is 0 Å². The van der Waals surface area contributed by atoms with Crippen LogP contribution in [-0.2, 0) is 0 Å². The molecule has 1 unspecified atom stereocenters. The van der Waals surface area contributed by atoms with Crippen LogP contribution in [0.5, 0.6) is 0 Å². The molecule has 0 saturated carbocycles. The summed E-state index contributed by atoms with van der Waals surface area (Å²) in [5.41, 5.74) is 1.13. The van der Waals surface area contributed by atoms with Gasteiger partial charge in [-0.2, -0.15) is 0 Å². The first-order valence-electron chi connectivity index (χ1n) is 8.22. The van der Waals surface area contributed by atoms with Crippen LogP contribution in [0.4, 0.5) is 5.69 Å². The summed E-state index contributed by atoms with van der Waals surface area (Å²) in [5, 5.41) is 15.1. The third-order valence-corrected chi connectivity index (χ3v) is 5.06. The van der Waals surface area contributed by atoms with Crippen LogP contribution in [0.1, 0.15) is 26.9 Å². The Morgan fingerprint density at radius 3 is 2.85 bits per heavy atom. The van der Waals surface area contributed by atoms with Crippen molar-refractivity contribution in [3.63, 3.8) is 0 Å². The van der Waals surface area contributed by atoms with Crippen LogP contribution in [0.15, 0.2) is 77.2 Å². The minimum absolute atomic E-state index is 0.0529. The molecule has 0 aliphatic carbocycles. The molecule has 3 heterocycles. The maximum Gasteiger partial charge on any atom is 0.270 e. The zero-order valence-corrected chi connectivity index (χ0v) is 14.9. The summed E-state index contributed by atoms with van der Waals surface area (Å²) >= 11 is 1.46. The summed E-state index contributed by atoms with van der Waals surface area (Å²) in [4.78, 5) is 30.0. The molecule has 0 bridgehead atoms. The van der Waals surface area contributed by atoms with E-state index in [0.29, 0.717) is 16.9 Å². The normalized spacial score (nSPS) is 12.0. The van der Waals surface area contributed by atoms with Gasteiger partial charge in [0.1, 0.15) is 17.3 Å². The molecule has 1 atom stereocenters. The molecule has 3 aromatic heterocycles. The van der Waals surface area contributed by atoms with E-state index in [1.165, 1.54) is 21.9 Å². The second kappa shape index (κ2) is 7.14. The van der Waals surface area contributed by atoms with Crippen molar-refractivity contribution in [2.75, 3.05) is 5.32 Å². The van der Waals surface area contributed by atoms with E-state index in [9.17, 15) is 14.7 Å². The van der Waals surface area contributed by atoms with Gasteiger partial charge < -0.3 is 10.4 Å². The molecule has 134 valence electrons. The van der Waals surface area contributed by atoms with Gasteiger partial charge in [-0.15, -0.1) is 11.3 Å². The van der Waals surface area contributed by atoms with E-state index in [1.807, 2.05) is 17.5 Å². The topological polar surface area (TPSA) is 83.7 Å². The highest BCUT2D eigenvalue weighted by Gasteiger charge is 2.15. The van der Waals surface area contributed by atoms with Gasteiger partial charge in [-0.05, 0) is 41.3 Å². The first-order chi connectivity index (χ1) is 13.1. The number of amides is 1. The smallest absolute Gasteiger partial charge is 0.270 e. The zero-order valence-electron chi connectivity index (χ0n) is 14.1. The maximum atomic E-state index is 12.6. The number of carbonyl (C=O) groups excluding carboxylic acids is 1. The van der Waals surface area contributed by atoms with E-state index in [0.717, 1.165) is 4.88 Å². The van der Waals surface area contributed by atoms with Crippen LogP contribution in [0, 0.1) is 0 Å². The van der Waals surface area contributed by atoms with Gasteiger partial charge in [-0.1, -0.05) is 24.3 Å². The van der Waals surface area contributed by atoms with Crippen molar-refractivity contribution in [2.24, 2.45) is 0 Å². The van der Waals surface area contributed by atoms with Crippen molar-refractivity contribution in [2.45, 2.75) is 6.10 Å². The molecule has 0 radical (unpaired) electrons. The van der Waals surface area contributed by atoms with E-state index < -0.39 is 17.6 Å². The molecule has 0 fully saturated rings. The fourth-order valence-electron chi connectivity index (χ4n) is 2.78. The van der Waals surface area contributed by atoms with Gasteiger partial charge in [0.15, 0.2) is 0 Å². The molecule has 4 rings (SSSR count). The van der Waals surface area contributed by atoms with Crippen molar-refractivity contribution in [1.82, 2.24) is 9.38 Å². The summed E-state index contributed by atoms with van der Waals surface area (Å²) in [7, 11) is 0. The lowest BCUT2D eigenvalue weighted by Crippen LogP contribution is -2.26.